The number of hydrogen-bond acceptors (Lipinski definition) is 4. The van der Waals surface area contributed by atoms with Crippen LogP contribution in [0.25, 0.3) is 0 Å². The highest BCUT2D eigenvalue weighted by Crippen LogP contribution is 2.12. The maximum Gasteiger partial charge on any atom is 0.255 e. The predicted octanol–water partition coefficient (Wildman–Crippen LogP) is 0.130. The largest absolute Gasteiger partial charge is 0.484 e. The summed E-state index contributed by atoms with van der Waals surface area (Å²) in [6.45, 7) is 6.21. The first-order chi connectivity index (χ1) is 11.7. The zero-order valence-corrected chi connectivity index (χ0v) is 15.2. The number of nitrogens with one attached hydrogen (secondary N) is 3. The Balaban J connectivity index is 2.48. The van der Waals surface area contributed by atoms with Gasteiger partial charge in [-0.15, -0.1) is 0 Å². The molecule has 0 bridgehead atoms. The number of guanidine groups is 1. The molecular weight excluding hydrogens is 322 g/mol. The van der Waals surface area contributed by atoms with Crippen molar-refractivity contribution in [3.63, 3.8) is 0 Å². The van der Waals surface area contributed by atoms with E-state index in [0.29, 0.717) is 18.3 Å². The Morgan fingerprint density at radius 2 is 1.96 bits per heavy atom. The van der Waals surface area contributed by atoms with Gasteiger partial charge in [-0.3, -0.25) is 14.6 Å². The van der Waals surface area contributed by atoms with Crippen molar-refractivity contribution in [1.29, 1.82) is 0 Å². The van der Waals surface area contributed by atoms with Crippen LogP contribution in [0.4, 0.5) is 0 Å². The summed E-state index contributed by atoms with van der Waals surface area (Å²) >= 11 is 0. The minimum atomic E-state index is -0.526. The van der Waals surface area contributed by atoms with E-state index < -0.39 is 5.91 Å². The van der Waals surface area contributed by atoms with Crippen LogP contribution in [0.1, 0.15) is 26.3 Å². The minimum absolute atomic E-state index is 0.114. The summed E-state index contributed by atoms with van der Waals surface area (Å²) < 4.78 is 5.27. The number of rotatable bonds is 7. The van der Waals surface area contributed by atoms with Crippen LogP contribution in [0.5, 0.6) is 5.75 Å². The van der Waals surface area contributed by atoms with Crippen LogP contribution in [0.15, 0.2) is 29.3 Å². The number of hydrogen-bond donors (Lipinski definition) is 4. The molecule has 0 atom stereocenters. The van der Waals surface area contributed by atoms with Gasteiger partial charge in [-0.2, -0.15) is 0 Å². The smallest absolute Gasteiger partial charge is 0.255 e. The Morgan fingerprint density at radius 3 is 2.56 bits per heavy atom. The van der Waals surface area contributed by atoms with Gasteiger partial charge >= 0.3 is 0 Å². The highest BCUT2D eigenvalue weighted by atomic mass is 16.5. The third-order valence-electron chi connectivity index (χ3n) is 2.89. The highest BCUT2D eigenvalue weighted by Gasteiger charge is 2.13. The summed E-state index contributed by atoms with van der Waals surface area (Å²) in [5.74, 6) is 0.428. The zero-order chi connectivity index (χ0) is 18.9. The van der Waals surface area contributed by atoms with Gasteiger partial charge in [0.05, 0.1) is 6.54 Å². The van der Waals surface area contributed by atoms with E-state index in [9.17, 15) is 9.59 Å². The number of aliphatic imine (C=N–C) groups is 1. The zero-order valence-electron chi connectivity index (χ0n) is 15.2. The summed E-state index contributed by atoms with van der Waals surface area (Å²) in [5.41, 5.74) is 5.72. The Kier molecular flexibility index (Phi) is 7.71. The van der Waals surface area contributed by atoms with Crippen LogP contribution < -0.4 is 26.4 Å². The highest BCUT2D eigenvalue weighted by molar-refractivity contribution is 5.86. The number of nitrogens with zero attached hydrogens (tertiary/aromatic N) is 1. The molecule has 0 spiro atoms. The van der Waals surface area contributed by atoms with E-state index in [1.54, 1.807) is 19.2 Å². The molecule has 1 rings (SSSR count). The van der Waals surface area contributed by atoms with Crippen LogP contribution in [0.3, 0.4) is 0 Å². The second-order valence-electron chi connectivity index (χ2n) is 6.48. The Morgan fingerprint density at radius 1 is 1.24 bits per heavy atom. The van der Waals surface area contributed by atoms with Crippen molar-refractivity contribution in [2.45, 2.75) is 32.9 Å². The van der Waals surface area contributed by atoms with Gasteiger partial charge in [0.25, 0.3) is 5.91 Å². The fourth-order valence-electron chi connectivity index (χ4n) is 1.93. The molecule has 2 amide bonds. The molecule has 0 aliphatic rings. The average molecular weight is 349 g/mol. The van der Waals surface area contributed by atoms with Crippen molar-refractivity contribution in [1.82, 2.24) is 16.0 Å². The quantitative estimate of drug-likeness (QED) is 0.412. The van der Waals surface area contributed by atoms with Gasteiger partial charge in [-0.1, -0.05) is 12.1 Å². The van der Waals surface area contributed by atoms with Crippen molar-refractivity contribution < 1.29 is 14.3 Å². The van der Waals surface area contributed by atoms with Crippen LogP contribution in [-0.4, -0.2) is 43.5 Å². The standard InChI is InChI=1S/C17H27N5O3/c1-17(2,3)22-15(24)10-21-16(19-4)20-9-12-6-5-7-13(8-12)25-11-14(18)23/h5-8H,9-11H2,1-4H3,(H2,18,23)(H,22,24)(H2,19,20,21). The molecule has 1 aromatic rings. The number of carbonyl (C=O) groups excluding carboxylic acids is 2. The maximum absolute atomic E-state index is 11.8. The lowest BCUT2D eigenvalue weighted by Gasteiger charge is -2.21. The molecule has 138 valence electrons. The fourth-order valence-corrected chi connectivity index (χ4v) is 1.93. The molecule has 0 saturated carbocycles. The van der Waals surface area contributed by atoms with Gasteiger partial charge in [0, 0.05) is 19.1 Å². The second-order valence-corrected chi connectivity index (χ2v) is 6.48. The van der Waals surface area contributed by atoms with Gasteiger partial charge in [0.2, 0.25) is 5.91 Å². The van der Waals surface area contributed by atoms with Crippen molar-refractivity contribution in [3.8, 4) is 5.75 Å². The van der Waals surface area contributed by atoms with Gasteiger partial charge in [0.1, 0.15) is 5.75 Å². The maximum atomic E-state index is 11.8. The van der Waals surface area contributed by atoms with Crippen LogP contribution in [-0.2, 0) is 16.1 Å². The van der Waals surface area contributed by atoms with Crippen molar-refractivity contribution in [2.24, 2.45) is 10.7 Å². The molecule has 1 aromatic carbocycles. The molecule has 0 radical (unpaired) electrons. The molecule has 0 aromatic heterocycles. The van der Waals surface area contributed by atoms with Crippen LogP contribution in [0, 0.1) is 0 Å². The second kappa shape index (κ2) is 9.51. The number of nitrogens with two attached hydrogens (primary N) is 1. The van der Waals surface area contributed by atoms with E-state index in [4.69, 9.17) is 10.5 Å². The molecule has 0 unspecified atom stereocenters. The van der Waals surface area contributed by atoms with E-state index in [0.717, 1.165) is 5.56 Å². The monoisotopic (exact) mass is 349 g/mol. The predicted molar refractivity (Wildman–Crippen MR) is 97.2 cm³/mol. The molecule has 0 fully saturated rings. The first kappa shape index (κ1) is 20.3. The summed E-state index contributed by atoms with van der Waals surface area (Å²) in [6.07, 6.45) is 0. The Bertz CT molecular complexity index is 623. The third kappa shape index (κ3) is 9.19. The summed E-state index contributed by atoms with van der Waals surface area (Å²) in [5, 5.41) is 8.92. The number of primary amides is 1. The molecule has 5 N–H and O–H groups in total. The number of benzene rings is 1. The first-order valence-corrected chi connectivity index (χ1v) is 7.95. The molecule has 0 saturated heterocycles. The first-order valence-electron chi connectivity index (χ1n) is 7.95. The molecule has 25 heavy (non-hydrogen) atoms. The fraction of sp³-hybridized carbons (Fsp3) is 0.471. The average Bonchev–Trinajstić information content (AvgIpc) is 2.52. The molecule has 8 nitrogen and oxygen atoms in total. The lowest BCUT2D eigenvalue weighted by molar-refractivity contribution is -0.121. The van der Waals surface area contributed by atoms with E-state index in [2.05, 4.69) is 20.9 Å². The molecule has 0 aliphatic carbocycles. The molecule has 0 aliphatic heterocycles. The van der Waals surface area contributed by atoms with Gasteiger partial charge in [-0.25, -0.2) is 0 Å². The van der Waals surface area contributed by atoms with Gasteiger partial charge in [-0.05, 0) is 38.5 Å². The SMILES string of the molecule is CN=C(NCC(=O)NC(C)(C)C)NCc1cccc(OCC(N)=O)c1. The van der Waals surface area contributed by atoms with E-state index in [1.165, 1.54) is 0 Å². The molecular formula is C17H27N5O3. The van der Waals surface area contributed by atoms with Gasteiger partial charge < -0.3 is 26.4 Å². The van der Waals surface area contributed by atoms with E-state index in [-0.39, 0.29) is 24.6 Å². The van der Waals surface area contributed by atoms with Gasteiger partial charge in [0.15, 0.2) is 12.6 Å². The third-order valence-corrected chi connectivity index (χ3v) is 2.89. The molecule has 0 heterocycles. The number of ether oxygens (including phenoxy) is 1. The summed E-state index contributed by atoms with van der Waals surface area (Å²) in [6, 6.07) is 7.27. The normalized spacial score (nSPS) is 11.6. The lowest BCUT2D eigenvalue weighted by Crippen LogP contribution is -2.48. The van der Waals surface area contributed by atoms with E-state index in [1.807, 2.05) is 32.9 Å². The van der Waals surface area contributed by atoms with Crippen molar-refractivity contribution >= 4 is 17.8 Å². The summed E-state index contributed by atoms with van der Waals surface area (Å²) in [4.78, 5) is 26.6. The van der Waals surface area contributed by atoms with Crippen LogP contribution >= 0.6 is 0 Å². The number of amides is 2. The number of carbonyl (C=O) groups is 2. The van der Waals surface area contributed by atoms with Crippen LogP contribution in [0.2, 0.25) is 0 Å². The minimum Gasteiger partial charge on any atom is -0.484 e. The molecule has 8 heteroatoms. The topological polar surface area (TPSA) is 118 Å². The summed E-state index contributed by atoms with van der Waals surface area (Å²) in [7, 11) is 1.63. The Hall–Kier alpha value is -2.77. The van der Waals surface area contributed by atoms with Crippen molar-refractivity contribution in [2.75, 3.05) is 20.2 Å². The lowest BCUT2D eigenvalue weighted by atomic mass is 10.1. The van der Waals surface area contributed by atoms with Crippen molar-refractivity contribution in [3.05, 3.63) is 29.8 Å². The Labute approximate surface area is 148 Å². The van der Waals surface area contributed by atoms with E-state index >= 15 is 0 Å².